The zero-order chi connectivity index (χ0) is 7.65. The van der Waals surface area contributed by atoms with E-state index in [0.29, 0.717) is 0 Å². The summed E-state index contributed by atoms with van der Waals surface area (Å²) in [4.78, 5) is 20.3. The minimum atomic E-state index is -3.84. The Hall–Kier alpha value is -0.670. The van der Waals surface area contributed by atoms with Crippen LogP contribution in [0.3, 0.4) is 0 Å². The lowest BCUT2D eigenvalue weighted by molar-refractivity contribution is -0.110. The van der Waals surface area contributed by atoms with Crippen LogP contribution in [0.2, 0.25) is 0 Å². The van der Waals surface area contributed by atoms with E-state index in [-0.39, 0.29) is 0 Å². The van der Waals surface area contributed by atoms with Gasteiger partial charge < -0.3 is 5.73 Å². The van der Waals surface area contributed by atoms with E-state index in [4.69, 9.17) is 5.50 Å². The van der Waals surface area contributed by atoms with Crippen molar-refractivity contribution in [3.63, 3.8) is 0 Å². The van der Waals surface area contributed by atoms with E-state index in [0.717, 1.165) is 6.92 Å². The highest BCUT2D eigenvalue weighted by Gasteiger charge is 2.29. The highest BCUT2D eigenvalue weighted by atomic mass is 31.2. The van der Waals surface area contributed by atoms with Gasteiger partial charge in [-0.2, -0.15) is 0 Å². The fourth-order valence-electron chi connectivity index (χ4n) is 0.155. The normalized spacial score (nSPS) is 16.2. The van der Waals surface area contributed by atoms with Crippen molar-refractivity contribution in [3.05, 3.63) is 0 Å². The van der Waals surface area contributed by atoms with Crippen molar-refractivity contribution in [2.45, 2.75) is 6.92 Å². The largest absolute Gasteiger partial charge is 0.362 e. The molecule has 0 saturated heterocycles. The molecule has 0 aromatic carbocycles. The Morgan fingerprint density at radius 1 is 1.44 bits per heavy atom. The van der Waals surface area contributed by atoms with Crippen molar-refractivity contribution in [2.75, 3.05) is 0 Å². The first-order valence-electron chi connectivity index (χ1n) is 2.08. The third kappa shape index (κ3) is 1.62. The molecule has 0 rings (SSSR count). The first-order chi connectivity index (χ1) is 3.89. The van der Waals surface area contributed by atoms with E-state index in [1.807, 2.05) is 0 Å². The van der Waals surface area contributed by atoms with Crippen molar-refractivity contribution in [1.29, 1.82) is 0 Å². The molecule has 1 atom stereocenters. The fourth-order valence-corrected chi connectivity index (χ4v) is 0.466. The van der Waals surface area contributed by atoms with Gasteiger partial charge in [-0.25, -0.2) is 0 Å². The zero-order valence-electron chi connectivity index (χ0n) is 4.83. The summed E-state index contributed by atoms with van der Waals surface area (Å²) in [6.07, 6.45) is 0. The number of hydrogen-bond acceptors (Lipinski definition) is 3. The monoisotopic (exact) mass is 150 g/mol. The molecule has 0 aliphatic heterocycles. The second-order valence-corrected chi connectivity index (χ2v) is 3.90. The lowest BCUT2D eigenvalue weighted by Gasteiger charge is -2.00. The minimum Gasteiger partial charge on any atom is -0.362 e. The maximum atomic E-state index is 10.6. The van der Waals surface area contributed by atoms with E-state index in [9.17, 15) is 14.2 Å². The van der Waals surface area contributed by atoms with Crippen LogP contribution in [-0.4, -0.2) is 11.2 Å². The van der Waals surface area contributed by atoms with Crippen LogP contribution in [0.1, 0.15) is 6.92 Å². The molecule has 9 heavy (non-hydrogen) atoms. The van der Waals surface area contributed by atoms with Crippen LogP contribution in [0.4, 0.5) is 4.79 Å². The summed E-state index contributed by atoms with van der Waals surface area (Å²) in [5.74, 6) is 0. The molecular formula is C3H7N2O3P. The number of rotatable bonds is 2. The smallest absolute Gasteiger partial charge is 0.298 e. The molecule has 1 unspecified atom stereocenters. The van der Waals surface area contributed by atoms with Crippen molar-refractivity contribution >= 4 is 18.5 Å². The first-order valence-corrected chi connectivity index (χ1v) is 3.86. The summed E-state index contributed by atoms with van der Waals surface area (Å²) in [5.41, 5.74) is 7.15. The molecule has 0 saturated carbocycles. The van der Waals surface area contributed by atoms with Gasteiger partial charge in [0.05, 0.1) is 0 Å². The van der Waals surface area contributed by atoms with Crippen LogP contribution in [0.5, 0.6) is 0 Å². The van der Waals surface area contributed by atoms with Gasteiger partial charge >= 0.3 is 0 Å². The van der Waals surface area contributed by atoms with Gasteiger partial charge in [0.1, 0.15) is 0 Å². The van der Waals surface area contributed by atoms with Gasteiger partial charge in [-0.05, 0) is 0 Å². The molecule has 0 spiro atoms. The molecule has 0 aliphatic carbocycles. The number of hydrogen-bond donors (Lipinski definition) is 2. The molecule has 5 nitrogen and oxygen atoms in total. The zero-order valence-corrected chi connectivity index (χ0v) is 5.72. The summed E-state index contributed by atoms with van der Waals surface area (Å²) < 4.78 is 10.6. The molecule has 0 aromatic heterocycles. The van der Waals surface area contributed by atoms with Crippen molar-refractivity contribution < 1.29 is 14.2 Å². The number of carbonyl (C=O) groups is 2. The highest BCUT2D eigenvalue weighted by molar-refractivity contribution is 7.92. The molecule has 0 bridgehead atoms. The van der Waals surface area contributed by atoms with Gasteiger partial charge in [0.15, 0.2) is 0 Å². The Kier molecular flexibility index (Phi) is 2.12. The predicted octanol–water partition coefficient (Wildman–Crippen LogP) is -0.152. The summed E-state index contributed by atoms with van der Waals surface area (Å²) in [6.45, 7) is 0.964. The minimum absolute atomic E-state index is 0.866. The molecule has 0 radical (unpaired) electrons. The number of carbonyl (C=O) groups excluding carboxylic acids is 2. The standard InChI is InChI=1S/C3H7N2O3P/c1-2(6)9(5,8)3(4)7/h1H3,(H2,4,7)(H2,5,8). The van der Waals surface area contributed by atoms with Crippen LogP contribution in [-0.2, 0) is 9.36 Å². The second-order valence-electron chi connectivity index (χ2n) is 1.52. The second kappa shape index (κ2) is 2.29. The molecule has 1 amide bonds. The molecular weight excluding hydrogens is 143 g/mol. The van der Waals surface area contributed by atoms with Crippen molar-refractivity contribution in [1.82, 2.24) is 0 Å². The Bertz CT molecular complexity index is 181. The van der Waals surface area contributed by atoms with Gasteiger partial charge in [0.25, 0.3) is 12.9 Å². The van der Waals surface area contributed by atoms with E-state index in [2.05, 4.69) is 5.73 Å². The van der Waals surface area contributed by atoms with Gasteiger partial charge in [0.2, 0.25) is 5.52 Å². The average Bonchev–Trinajstić information content (AvgIpc) is 1.65. The van der Waals surface area contributed by atoms with Crippen molar-refractivity contribution in [3.8, 4) is 0 Å². The maximum Gasteiger partial charge on any atom is 0.298 e. The van der Waals surface area contributed by atoms with Crippen molar-refractivity contribution in [2.24, 2.45) is 11.2 Å². The average molecular weight is 150 g/mol. The van der Waals surface area contributed by atoms with Gasteiger partial charge in [-0.3, -0.25) is 19.7 Å². The van der Waals surface area contributed by atoms with Crippen LogP contribution >= 0.6 is 7.29 Å². The summed E-state index contributed by atoms with van der Waals surface area (Å²) in [6, 6.07) is 0. The van der Waals surface area contributed by atoms with Crippen LogP contribution in [0.25, 0.3) is 0 Å². The molecule has 0 aromatic rings. The van der Waals surface area contributed by atoms with E-state index in [1.54, 1.807) is 0 Å². The van der Waals surface area contributed by atoms with Crippen LogP contribution < -0.4 is 11.2 Å². The summed E-state index contributed by atoms with van der Waals surface area (Å²) in [7, 11) is -3.84. The molecule has 4 N–H and O–H groups in total. The predicted molar refractivity (Wildman–Crippen MR) is 32.1 cm³/mol. The Morgan fingerprint density at radius 3 is 1.78 bits per heavy atom. The number of nitrogens with two attached hydrogens (primary N) is 2. The van der Waals surface area contributed by atoms with E-state index >= 15 is 0 Å². The molecule has 0 heterocycles. The van der Waals surface area contributed by atoms with Gasteiger partial charge in [-0.15, -0.1) is 0 Å². The first kappa shape index (κ1) is 8.33. The number of primary amides is 1. The number of amides is 1. The molecule has 52 valence electrons. The molecule has 0 aliphatic rings. The fraction of sp³-hybridized carbons (Fsp3) is 0.333. The third-order valence-corrected chi connectivity index (χ3v) is 2.39. The van der Waals surface area contributed by atoms with Gasteiger partial charge in [-0.1, -0.05) is 0 Å². The summed E-state index contributed by atoms with van der Waals surface area (Å²) >= 11 is 0. The van der Waals surface area contributed by atoms with E-state index < -0.39 is 18.5 Å². The quantitative estimate of drug-likeness (QED) is 0.534. The molecule has 0 fully saturated rings. The Labute approximate surface area is 51.8 Å². The lowest BCUT2D eigenvalue weighted by atomic mass is 10.9. The summed E-state index contributed by atoms with van der Waals surface area (Å²) in [5, 5.41) is 0. The van der Waals surface area contributed by atoms with Crippen LogP contribution in [0, 0.1) is 0 Å². The van der Waals surface area contributed by atoms with Gasteiger partial charge in [0, 0.05) is 6.92 Å². The Morgan fingerprint density at radius 2 is 1.78 bits per heavy atom. The topological polar surface area (TPSA) is 103 Å². The molecule has 6 heteroatoms. The SMILES string of the molecule is CC(=O)P(N)(=O)C(N)=O. The maximum absolute atomic E-state index is 10.6. The van der Waals surface area contributed by atoms with Crippen LogP contribution in [0.15, 0.2) is 0 Å². The Balaban J connectivity index is 4.61. The van der Waals surface area contributed by atoms with E-state index in [1.165, 1.54) is 0 Å². The third-order valence-electron chi connectivity index (χ3n) is 0.795. The lowest BCUT2D eigenvalue weighted by Crippen LogP contribution is -2.19. The highest BCUT2D eigenvalue weighted by Crippen LogP contribution is 2.35.